The normalized spacial score (nSPS) is 11.3. The summed E-state index contributed by atoms with van der Waals surface area (Å²) in [6.07, 6.45) is 3.97. The van der Waals surface area contributed by atoms with Crippen LogP contribution in [0.4, 0.5) is 0 Å². The maximum absolute atomic E-state index is 11.9. The number of aromatic nitrogens is 2. The fraction of sp³-hybridized carbons (Fsp3) is 0.385. The molecule has 4 nitrogen and oxygen atoms in total. The Morgan fingerprint density at radius 2 is 2.24 bits per heavy atom. The van der Waals surface area contributed by atoms with E-state index in [4.69, 9.17) is 5.73 Å². The molecule has 0 saturated carbocycles. The number of nitrogens with two attached hydrogens (primary N) is 1. The van der Waals surface area contributed by atoms with Gasteiger partial charge in [0.25, 0.3) is 0 Å². The van der Waals surface area contributed by atoms with Crippen LogP contribution in [0, 0.1) is 0 Å². The minimum absolute atomic E-state index is 0.0425. The monoisotopic (exact) mass is 231 g/mol. The summed E-state index contributed by atoms with van der Waals surface area (Å²) in [4.78, 5) is 16.1. The number of carbonyl (C=O) groups is 1. The number of ketones is 1. The molecule has 4 heteroatoms. The quantitative estimate of drug-likeness (QED) is 0.818. The van der Waals surface area contributed by atoms with E-state index in [9.17, 15) is 4.79 Å². The number of fused-ring (bicyclic) bond motifs is 1. The molecule has 0 bridgehead atoms. The molecular formula is C13H17N3O. The van der Waals surface area contributed by atoms with Crippen LogP contribution >= 0.6 is 0 Å². The largest absolute Gasteiger partial charge is 0.330 e. The first-order chi connectivity index (χ1) is 8.13. The zero-order valence-electron chi connectivity index (χ0n) is 10.2. The summed E-state index contributed by atoms with van der Waals surface area (Å²) in [6.45, 7) is 4.62. The number of pyridine rings is 1. The van der Waals surface area contributed by atoms with Crippen molar-refractivity contribution in [2.24, 2.45) is 5.73 Å². The summed E-state index contributed by atoms with van der Waals surface area (Å²) in [7, 11) is 0. The standard InChI is InChI=1S/C13H17N3O/c1-9(2)10-3-4-13-15-7-11(16(13)8-10)12(17)5-6-14/h3-4,7-9H,5-6,14H2,1-2H3. The molecule has 2 heterocycles. The summed E-state index contributed by atoms with van der Waals surface area (Å²) in [5.41, 5.74) is 8.02. The summed E-state index contributed by atoms with van der Waals surface area (Å²) in [6, 6.07) is 3.98. The van der Waals surface area contributed by atoms with E-state index in [1.165, 1.54) is 5.56 Å². The van der Waals surface area contributed by atoms with Gasteiger partial charge in [0.2, 0.25) is 0 Å². The van der Waals surface area contributed by atoms with Crippen molar-refractivity contribution in [3.05, 3.63) is 35.8 Å². The second-order valence-corrected chi connectivity index (χ2v) is 4.45. The summed E-state index contributed by atoms with van der Waals surface area (Å²) in [5, 5.41) is 0. The third-order valence-electron chi connectivity index (χ3n) is 2.85. The lowest BCUT2D eigenvalue weighted by molar-refractivity contribution is 0.0980. The lowest BCUT2D eigenvalue weighted by Crippen LogP contribution is -2.10. The smallest absolute Gasteiger partial charge is 0.182 e. The maximum atomic E-state index is 11.9. The van der Waals surface area contributed by atoms with E-state index in [-0.39, 0.29) is 5.78 Å². The third-order valence-corrected chi connectivity index (χ3v) is 2.85. The molecule has 2 N–H and O–H groups in total. The van der Waals surface area contributed by atoms with Crippen LogP contribution in [0.3, 0.4) is 0 Å². The fourth-order valence-electron chi connectivity index (χ4n) is 1.80. The van der Waals surface area contributed by atoms with E-state index in [1.54, 1.807) is 6.20 Å². The average molecular weight is 231 g/mol. The first-order valence-corrected chi connectivity index (χ1v) is 5.83. The van der Waals surface area contributed by atoms with Gasteiger partial charge in [0.1, 0.15) is 11.3 Å². The highest BCUT2D eigenvalue weighted by atomic mass is 16.1. The molecule has 0 aliphatic heterocycles. The highest BCUT2D eigenvalue weighted by Gasteiger charge is 2.12. The van der Waals surface area contributed by atoms with Gasteiger partial charge >= 0.3 is 0 Å². The number of carbonyl (C=O) groups excluding carboxylic acids is 1. The summed E-state index contributed by atoms with van der Waals surface area (Å²) < 4.78 is 1.85. The molecule has 0 radical (unpaired) electrons. The average Bonchev–Trinajstić information content (AvgIpc) is 2.71. The van der Waals surface area contributed by atoms with E-state index in [1.807, 2.05) is 22.7 Å². The predicted molar refractivity (Wildman–Crippen MR) is 67.3 cm³/mol. The zero-order chi connectivity index (χ0) is 12.4. The van der Waals surface area contributed by atoms with Crippen LogP contribution in [0.2, 0.25) is 0 Å². The molecule has 0 spiro atoms. The second-order valence-electron chi connectivity index (χ2n) is 4.45. The molecule has 0 atom stereocenters. The molecular weight excluding hydrogens is 214 g/mol. The van der Waals surface area contributed by atoms with Crippen LogP contribution in [0.25, 0.3) is 5.65 Å². The van der Waals surface area contributed by atoms with Crippen molar-refractivity contribution < 1.29 is 4.79 Å². The van der Waals surface area contributed by atoms with Crippen LogP contribution in [0.1, 0.15) is 42.2 Å². The topological polar surface area (TPSA) is 60.4 Å². The van der Waals surface area contributed by atoms with Gasteiger partial charge in [-0.05, 0) is 24.1 Å². The molecule has 0 unspecified atom stereocenters. The molecule has 0 saturated heterocycles. The van der Waals surface area contributed by atoms with Gasteiger partial charge in [-0.3, -0.25) is 9.20 Å². The first-order valence-electron chi connectivity index (χ1n) is 5.83. The molecule has 0 aliphatic carbocycles. The van der Waals surface area contributed by atoms with E-state index >= 15 is 0 Å². The highest BCUT2D eigenvalue weighted by molar-refractivity contribution is 5.95. The fourth-order valence-corrected chi connectivity index (χ4v) is 1.80. The van der Waals surface area contributed by atoms with E-state index in [2.05, 4.69) is 18.8 Å². The van der Waals surface area contributed by atoms with Gasteiger partial charge in [-0.25, -0.2) is 4.98 Å². The minimum atomic E-state index is 0.0425. The SMILES string of the molecule is CC(C)c1ccc2ncc(C(=O)CCN)n2c1. The van der Waals surface area contributed by atoms with Gasteiger partial charge in [-0.15, -0.1) is 0 Å². The molecule has 0 aromatic carbocycles. The van der Waals surface area contributed by atoms with Crippen molar-refractivity contribution in [2.75, 3.05) is 6.54 Å². The van der Waals surface area contributed by atoms with Gasteiger partial charge in [-0.1, -0.05) is 19.9 Å². The van der Waals surface area contributed by atoms with Crippen molar-refractivity contribution in [1.29, 1.82) is 0 Å². The number of rotatable bonds is 4. The number of hydrogen-bond donors (Lipinski definition) is 1. The molecule has 90 valence electrons. The Morgan fingerprint density at radius 3 is 2.88 bits per heavy atom. The van der Waals surface area contributed by atoms with Gasteiger partial charge < -0.3 is 5.73 Å². The second kappa shape index (κ2) is 4.67. The zero-order valence-corrected chi connectivity index (χ0v) is 10.2. The Bertz CT molecular complexity index is 543. The van der Waals surface area contributed by atoms with Crippen molar-refractivity contribution in [3.63, 3.8) is 0 Å². The van der Waals surface area contributed by atoms with Crippen LogP contribution < -0.4 is 5.73 Å². The predicted octanol–water partition coefficient (Wildman–Crippen LogP) is 1.99. The minimum Gasteiger partial charge on any atom is -0.330 e. The van der Waals surface area contributed by atoms with Gasteiger partial charge in [0.15, 0.2) is 5.78 Å². The molecule has 2 rings (SSSR count). The molecule has 0 aliphatic rings. The molecule has 2 aromatic rings. The molecule has 17 heavy (non-hydrogen) atoms. The van der Waals surface area contributed by atoms with E-state index < -0.39 is 0 Å². The third kappa shape index (κ3) is 2.22. The van der Waals surface area contributed by atoms with Gasteiger partial charge in [0, 0.05) is 12.6 Å². The molecule has 0 amide bonds. The number of imidazole rings is 1. The lowest BCUT2D eigenvalue weighted by Gasteiger charge is -2.07. The molecule has 0 fully saturated rings. The van der Waals surface area contributed by atoms with Crippen LogP contribution in [0.5, 0.6) is 0 Å². The van der Waals surface area contributed by atoms with Crippen LogP contribution in [-0.2, 0) is 0 Å². The Hall–Kier alpha value is -1.68. The Balaban J connectivity index is 2.50. The van der Waals surface area contributed by atoms with Crippen molar-refractivity contribution >= 4 is 11.4 Å². The van der Waals surface area contributed by atoms with Crippen LogP contribution in [-0.4, -0.2) is 21.7 Å². The lowest BCUT2D eigenvalue weighted by atomic mass is 10.1. The van der Waals surface area contributed by atoms with Crippen molar-refractivity contribution in [1.82, 2.24) is 9.38 Å². The van der Waals surface area contributed by atoms with Crippen molar-refractivity contribution in [2.45, 2.75) is 26.2 Å². The molecule has 2 aromatic heterocycles. The van der Waals surface area contributed by atoms with Gasteiger partial charge in [0.05, 0.1) is 6.20 Å². The van der Waals surface area contributed by atoms with E-state index in [0.29, 0.717) is 24.6 Å². The first kappa shape index (κ1) is 11.8. The number of nitrogens with zero attached hydrogens (tertiary/aromatic N) is 2. The Kier molecular flexibility index (Phi) is 3.24. The van der Waals surface area contributed by atoms with Gasteiger partial charge in [-0.2, -0.15) is 0 Å². The number of Topliss-reactive ketones (excluding diaryl/α,β-unsaturated/α-hetero) is 1. The number of hydrogen-bond acceptors (Lipinski definition) is 3. The Labute approximate surface area is 100 Å². The summed E-state index contributed by atoms with van der Waals surface area (Å²) >= 11 is 0. The van der Waals surface area contributed by atoms with Crippen LogP contribution in [0.15, 0.2) is 24.5 Å². The van der Waals surface area contributed by atoms with E-state index in [0.717, 1.165) is 5.65 Å². The Morgan fingerprint density at radius 1 is 1.47 bits per heavy atom. The summed E-state index contributed by atoms with van der Waals surface area (Å²) in [5.74, 6) is 0.472. The maximum Gasteiger partial charge on any atom is 0.182 e. The highest BCUT2D eigenvalue weighted by Crippen LogP contribution is 2.17. The van der Waals surface area contributed by atoms with Crippen molar-refractivity contribution in [3.8, 4) is 0 Å².